The van der Waals surface area contributed by atoms with Gasteiger partial charge in [0.25, 0.3) is 0 Å². The molecule has 0 saturated heterocycles. The first-order valence-corrected chi connectivity index (χ1v) is 9.77. The summed E-state index contributed by atoms with van der Waals surface area (Å²) in [6.07, 6.45) is 1.56. The minimum absolute atomic E-state index is 0.0625. The van der Waals surface area contributed by atoms with Crippen molar-refractivity contribution < 1.29 is 28.5 Å². The number of rotatable bonds is 6. The minimum Gasteiger partial charge on any atom is -0.493 e. The number of fused-ring (bicyclic) bond motifs is 1. The van der Waals surface area contributed by atoms with Crippen LogP contribution in [0.4, 0.5) is 0 Å². The van der Waals surface area contributed by atoms with E-state index in [9.17, 15) is 9.59 Å². The Bertz CT molecular complexity index is 955. The molecule has 0 radical (unpaired) electrons. The maximum Gasteiger partial charge on any atom is 0.308 e. The van der Waals surface area contributed by atoms with Crippen molar-refractivity contribution in [3.8, 4) is 23.0 Å². The monoisotopic (exact) mass is 413 g/mol. The summed E-state index contributed by atoms with van der Waals surface area (Å²) >= 11 is 0. The average Bonchev–Trinajstić information content (AvgIpc) is 2.69. The van der Waals surface area contributed by atoms with Crippen LogP contribution in [0.3, 0.4) is 0 Å². The van der Waals surface area contributed by atoms with E-state index < -0.39 is 11.9 Å². The zero-order valence-electron chi connectivity index (χ0n) is 18.0. The fourth-order valence-electron chi connectivity index (χ4n) is 3.80. The molecule has 0 spiro atoms. The van der Waals surface area contributed by atoms with Gasteiger partial charge in [0.05, 0.1) is 14.2 Å². The second-order valence-corrected chi connectivity index (χ2v) is 7.32. The van der Waals surface area contributed by atoms with Crippen LogP contribution < -0.4 is 18.9 Å². The Morgan fingerprint density at radius 3 is 2.17 bits per heavy atom. The van der Waals surface area contributed by atoms with Gasteiger partial charge in [-0.2, -0.15) is 0 Å². The van der Waals surface area contributed by atoms with E-state index in [4.69, 9.17) is 18.9 Å². The first-order valence-electron chi connectivity index (χ1n) is 9.77. The average molecular weight is 413 g/mol. The number of carbonyl (C=O) groups excluding carboxylic acids is 2. The molecular formula is C23H27NO6. The van der Waals surface area contributed by atoms with Crippen molar-refractivity contribution in [1.29, 1.82) is 0 Å². The Hall–Kier alpha value is -3.06. The van der Waals surface area contributed by atoms with E-state index in [1.165, 1.54) is 26.5 Å². The van der Waals surface area contributed by atoms with Crippen molar-refractivity contribution >= 4 is 11.9 Å². The van der Waals surface area contributed by atoms with Gasteiger partial charge in [-0.15, -0.1) is 0 Å². The molecule has 0 amide bonds. The summed E-state index contributed by atoms with van der Waals surface area (Å²) in [5.41, 5.74) is 3.26. The van der Waals surface area contributed by atoms with Gasteiger partial charge in [0.2, 0.25) is 0 Å². The van der Waals surface area contributed by atoms with E-state index in [0.717, 1.165) is 24.1 Å². The van der Waals surface area contributed by atoms with E-state index in [0.29, 0.717) is 29.4 Å². The highest BCUT2D eigenvalue weighted by molar-refractivity contribution is 5.71. The van der Waals surface area contributed by atoms with Gasteiger partial charge < -0.3 is 18.9 Å². The lowest BCUT2D eigenvalue weighted by molar-refractivity contribution is -0.132. The molecule has 1 heterocycles. The molecule has 2 aromatic carbocycles. The number of benzene rings is 2. The summed E-state index contributed by atoms with van der Waals surface area (Å²) in [6.45, 7) is 3.62. The molecule has 0 bridgehead atoms. The molecule has 1 aliphatic rings. The van der Waals surface area contributed by atoms with Crippen LogP contribution >= 0.6 is 0 Å². The van der Waals surface area contributed by atoms with Gasteiger partial charge >= 0.3 is 11.9 Å². The van der Waals surface area contributed by atoms with Crippen molar-refractivity contribution in [2.45, 2.75) is 32.7 Å². The van der Waals surface area contributed by atoms with Crippen LogP contribution in [0.25, 0.3) is 0 Å². The maximum atomic E-state index is 11.5. The van der Waals surface area contributed by atoms with Crippen LogP contribution in [0.15, 0.2) is 30.3 Å². The van der Waals surface area contributed by atoms with Crippen LogP contribution in [0.1, 0.15) is 36.6 Å². The SMILES string of the molecule is COc1ccc(C[C@H]2c3cc(OC(C)=O)c(OC)cc3CCN2C)cc1OC(C)=O. The van der Waals surface area contributed by atoms with Crippen LogP contribution in [-0.2, 0) is 22.4 Å². The summed E-state index contributed by atoms with van der Waals surface area (Å²) in [6, 6.07) is 9.50. The van der Waals surface area contributed by atoms with E-state index in [1.54, 1.807) is 13.2 Å². The number of nitrogens with zero attached hydrogens (tertiary/aromatic N) is 1. The van der Waals surface area contributed by atoms with E-state index >= 15 is 0 Å². The van der Waals surface area contributed by atoms with E-state index in [1.807, 2.05) is 24.3 Å². The summed E-state index contributed by atoms with van der Waals surface area (Å²) in [5.74, 6) is 1.08. The third kappa shape index (κ3) is 4.74. The van der Waals surface area contributed by atoms with Gasteiger partial charge in [-0.05, 0) is 60.8 Å². The van der Waals surface area contributed by atoms with Crippen molar-refractivity contribution in [1.82, 2.24) is 4.90 Å². The predicted molar refractivity (Wildman–Crippen MR) is 111 cm³/mol. The Balaban J connectivity index is 1.97. The topological polar surface area (TPSA) is 74.3 Å². The van der Waals surface area contributed by atoms with Gasteiger partial charge in [0, 0.05) is 26.4 Å². The molecule has 0 aromatic heterocycles. The molecule has 2 aromatic rings. The normalized spacial score (nSPS) is 15.8. The number of ether oxygens (including phenoxy) is 4. The quantitative estimate of drug-likeness (QED) is 0.531. The fraction of sp³-hybridized carbons (Fsp3) is 0.391. The molecule has 0 N–H and O–H groups in total. The molecule has 30 heavy (non-hydrogen) atoms. The summed E-state index contributed by atoms with van der Waals surface area (Å²) < 4.78 is 21.4. The lowest BCUT2D eigenvalue weighted by Crippen LogP contribution is -2.33. The standard InChI is InChI=1S/C23H27NO6/c1-14(25)29-22-11-16(6-7-20(22)27-4)10-19-18-13-23(30-15(2)26)21(28-5)12-17(18)8-9-24(19)3/h6-7,11-13,19H,8-10H2,1-5H3/t19-/m0/s1. The fourth-order valence-corrected chi connectivity index (χ4v) is 3.80. The highest BCUT2D eigenvalue weighted by Crippen LogP contribution is 2.40. The van der Waals surface area contributed by atoms with Crippen molar-refractivity contribution in [2.75, 3.05) is 27.8 Å². The summed E-state index contributed by atoms with van der Waals surface area (Å²) in [4.78, 5) is 25.2. The highest BCUT2D eigenvalue weighted by Gasteiger charge is 2.28. The molecule has 0 fully saturated rings. The predicted octanol–water partition coefficient (Wildman–Crippen LogP) is 3.33. The Morgan fingerprint density at radius 2 is 1.57 bits per heavy atom. The van der Waals surface area contributed by atoms with Gasteiger partial charge in [-0.3, -0.25) is 14.5 Å². The van der Waals surface area contributed by atoms with Gasteiger partial charge in [-0.25, -0.2) is 0 Å². The number of hydrogen-bond donors (Lipinski definition) is 0. The number of carbonyl (C=O) groups is 2. The molecule has 7 heteroatoms. The summed E-state index contributed by atoms with van der Waals surface area (Å²) in [5, 5.41) is 0. The zero-order chi connectivity index (χ0) is 21.8. The molecular weight excluding hydrogens is 386 g/mol. The second kappa shape index (κ2) is 9.17. The van der Waals surface area contributed by atoms with Gasteiger partial charge in [0.15, 0.2) is 23.0 Å². The third-order valence-corrected chi connectivity index (χ3v) is 5.21. The van der Waals surface area contributed by atoms with E-state index in [2.05, 4.69) is 11.9 Å². The molecule has 160 valence electrons. The van der Waals surface area contributed by atoms with Crippen LogP contribution in [0.5, 0.6) is 23.0 Å². The largest absolute Gasteiger partial charge is 0.493 e. The Morgan fingerprint density at radius 1 is 0.933 bits per heavy atom. The molecule has 3 rings (SSSR count). The Labute approximate surface area is 176 Å². The number of methoxy groups -OCH3 is 2. The molecule has 0 unspecified atom stereocenters. The second-order valence-electron chi connectivity index (χ2n) is 7.32. The van der Waals surface area contributed by atoms with E-state index in [-0.39, 0.29) is 6.04 Å². The third-order valence-electron chi connectivity index (χ3n) is 5.21. The molecule has 0 saturated carbocycles. The van der Waals surface area contributed by atoms with Crippen molar-refractivity contribution in [3.05, 3.63) is 47.0 Å². The van der Waals surface area contributed by atoms with Gasteiger partial charge in [-0.1, -0.05) is 6.07 Å². The zero-order valence-corrected chi connectivity index (χ0v) is 18.0. The summed E-state index contributed by atoms with van der Waals surface area (Å²) in [7, 11) is 5.17. The molecule has 7 nitrogen and oxygen atoms in total. The highest BCUT2D eigenvalue weighted by atomic mass is 16.6. The lowest BCUT2D eigenvalue weighted by atomic mass is 9.88. The van der Waals surface area contributed by atoms with Gasteiger partial charge in [0.1, 0.15) is 0 Å². The number of hydrogen-bond acceptors (Lipinski definition) is 7. The lowest BCUT2D eigenvalue weighted by Gasteiger charge is -2.35. The van der Waals surface area contributed by atoms with Crippen LogP contribution in [-0.4, -0.2) is 44.7 Å². The van der Waals surface area contributed by atoms with Crippen molar-refractivity contribution in [2.24, 2.45) is 0 Å². The molecule has 1 aliphatic heterocycles. The number of likely N-dealkylation sites (N-methyl/N-ethyl adjacent to an activating group) is 1. The first-order chi connectivity index (χ1) is 14.3. The van der Waals surface area contributed by atoms with Crippen LogP contribution in [0, 0.1) is 0 Å². The first kappa shape index (κ1) is 21.6. The maximum absolute atomic E-state index is 11.5. The van der Waals surface area contributed by atoms with Crippen molar-refractivity contribution in [3.63, 3.8) is 0 Å². The van der Waals surface area contributed by atoms with Crippen LogP contribution in [0.2, 0.25) is 0 Å². The number of esters is 2. The Kier molecular flexibility index (Phi) is 6.62. The smallest absolute Gasteiger partial charge is 0.308 e. The molecule has 0 aliphatic carbocycles. The minimum atomic E-state index is -0.399. The molecule has 1 atom stereocenters.